The summed E-state index contributed by atoms with van der Waals surface area (Å²) in [6.07, 6.45) is 4.32. The Balaban J connectivity index is 1.57. The summed E-state index contributed by atoms with van der Waals surface area (Å²) >= 11 is 0. The minimum Gasteiger partial charge on any atom is -0.444 e. The maximum absolute atomic E-state index is 15.5. The van der Waals surface area contributed by atoms with Crippen molar-refractivity contribution in [2.45, 2.75) is 76.6 Å². The molecule has 1 aliphatic heterocycles. The van der Waals surface area contributed by atoms with Crippen LogP contribution in [0.2, 0.25) is 0 Å². The van der Waals surface area contributed by atoms with E-state index in [-0.39, 0.29) is 43.9 Å². The number of amides is 1. The van der Waals surface area contributed by atoms with Crippen molar-refractivity contribution in [1.29, 1.82) is 0 Å². The van der Waals surface area contributed by atoms with Crippen molar-refractivity contribution in [2.24, 2.45) is 11.8 Å². The molecule has 0 unspecified atom stereocenters. The second kappa shape index (κ2) is 8.25. The van der Waals surface area contributed by atoms with Crippen molar-refractivity contribution < 1.29 is 23.6 Å². The summed E-state index contributed by atoms with van der Waals surface area (Å²) in [6, 6.07) is 0.0727. The molecule has 2 aliphatic rings. The van der Waals surface area contributed by atoms with Gasteiger partial charge in [-0.2, -0.15) is 5.90 Å². The van der Waals surface area contributed by atoms with Crippen LogP contribution < -0.4 is 5.90 Å². The number of piperidine rings is 1. The molecule has 9 nitrogen and oxygen atoms in total. The van der Waals surface area contributed by atoms with Crippen molar-refractivity contribution >= 4 is 12.1 Å². The molecule has 29 heavy (non-hydrogen) atoms. The van der Waals surface area contributed by atoms with Gasteiger partial charge in [-0.05, 0) is 46.5 Å². The van der Waals surface area contributed by atoms with E-state index in [0.29, 0.717) is 18.5 Å². The highest BCUT2D eigenvalue weighted by molar-refractivity contribution is 5.72. The van der Waals surface area contributed by atoms with Crippen molar-refractivity contribution in [3.8, 4) is 0 Å². The van der Waals surface area contributed by atoms with E-state index in [1.54, 1.807) is 31.6 Å². The number of hydrogen-bond acceptors (Lipinski definition) is 7. The largest absolute Gasteiger partial charge is 0.444 e. The highest BCUT2D eigenvalue weighted by atomic mass is 19.1. The van der Waals surface area contributed by atoms with Gasteiger partial charge in [-0.15, -0.1) is 5.10 Å². The van der Waals surface area contributed by atoms with Gasteiger partial charge in [0, 0.05) is 25.9 Å². The Morgan fingerprint density at radius 2 is 1.83 bits per heavy atom. The molecule has 162 valence electrons. The molecule has 0 atom stereocenters. The van der Waals surface area contributed by atoms with Crippen LogP contribution >= 0.6 is 0 Å². The number of halogens is 1. The van der Waals surface area contributed by atoms with Gasteiger partial charge >= 0.3 is 12.1 Å². The van der Waals surface area contributed by atoms with Crippen LogP contribution in [0, 0.1) is 5.92 Å². The average molecular weight is 411 g/mol. The molecule has 1 aromatic heterocycles. The summed E-state index contributed by atoms with van der Waals surface area (Å²) in [6.45, 7) is 5.95. The number of rotatable bonds is 3. The molecule has 2 N–H and O–H groups in total. The summed E-state index contributed by atoms with van der Waals surface area (Å²) in [5.41, 5.74) is -1.90. The standard InChI is InChI=1S/C19H30FN5O4/c1-18(2,3)28-17(27)24-10-8-19(20,9-11-24)15-12-25(23-22-15)14-6-4-13(5-7-14)16(26)29-21/h12-14H,4-11,21H2,1-3H3/t13-,14-. The fourth-order valence-corrected chi connectivity index (χ4v) is 3.96. The number of carbonyl (C=O) groups is 2. The Bertz CT molecular complexity index is 731. The molecular weight excluding hydrogens is 381 g/mol. The van der Waals surface area contributed by atoms with Crippen LogP contribution in [0.15, 0.2) is 6.20 Å². The van der Waals surface area contributed by atoms with Gasteiger partial charge in [0.25, 0.3) is 0 Å². The van der Waals surface area contributed by atoms with Crippen LogP contribution in [0.5, 0.6) is 0 Å². The normalized spacial score (nSPS) is 24.8. The summed E-state index contributed by atoms with van der Waals surface area (Å²) in [7, 11) is 0. The summed E-state index contributed by atoms with van der Waals surface area (Å²) < 4.78 is 22.6. The van der Waals surface area contributed by atoms with Crippen LogP contribution in [0.4, 0.5) is 9.18 Å². The van der Waals surface area contributed by atoms with E-state index in [1.165, 1.54) is 4.90 Å². The molecule has 1 saturated heterocycles. The summed E-state index contributed by atoms with van der Waals surface area (Å²) in [4.78, 5) is 29.6. The van der Waals surface area contributed by atoms with Gasteiger partial charge in [0.05, 0.1) is 18.2 Å². The van der Waals surface area contributed by atoms with Crippen LogP contribution in [0.25, 0.3) is 0 Å². The maximum Gasteiger partial charge on any atom is 0.410 e. The molecule has 0 aromatic carbocycles. The van der Waals surface area contributed by atoms with Gasteiger partial charge < -0.3 is 14.5 Å². The second-order valence-electron chi connectivity index (χ2n) is 8.96. The summed E-state index contributed by atoms with van der Waals surface area (Å²) in [5, 5.41) is 8.21. The second-order valence-corrected chi connectivity index (χ2v) is 8.96. The third-order valence-electron chi connectivity index (χ3n) is 5.70. The van der Waals surface area contributed by atoms with Gasteiger partial charge in [0.1, 0.15) is 11.3 Å². The zero-order valence-corrected chi connectivity index (χ0v) is 17.3. The lowest BCUT2D eigenvalue weighted by Gasteiger charge is -2.36. The van der Waals surface area contributed by atoms with Crippen LogP contribution in [0.3, 0.4) is 0 Å². The predicted molar refractivity (Wildman–Crippen MR) is 101 cm³/mol. The molecular formula is C19H30FN5O4. The maximum atomic E-state index is 15.5. The quantitative estimate of drug-likeness (QED) is 0.761. The van der Waals surface area contributed by atoms with Crippen molar-refractivity contribution in [2.75, 3.05) is 13.1 Å². The molecule has 1 saturated carbocycles. The van der Waals surface area contributed by atoms with Crippen molar-refractivity contribution in [1.82, 2.24) is 19.9 Å². The Morgan fingerprint density at radius 3 is 2.38 bits per heavy atom. The fourth-order valence-electron chi connectivity index (χ4n) is 3.96. The summed E-state index contributed by atoms with van der Waals surface area (Å²) in [5.74, 6) is 4.38. The predicted octanol–water partition coefficient (Wildman–Crippen LogP) is 2.62. The first-order chi connectivity index (χ1) is 13.6. The van der Waals surface area contributed by atoms with Gasteiger partial charge in [0.15, 0.2) is 5.67 Å². The Hall–Kier alpha value is -2.23. The Kier molecular flexibility index (Phi) is 6.11. The third-order valence-corrected chi connectivity index (χ3v) is 5.70. The van der Waals surface area contributed by atoms with Crippen LogP contribution in [-0.2, 0) is 20.0 Å². The fraction of sp³-hybridized carbons (Fsp3) is 0.789. The van der Waals surface area contributed by atoms with E-state index in [2.05, 4.69) is 15.1 Å². The van der Waals surface area contributed by atoms with E-state index in [1.807, 2.05) is 0 Å². The lowest BCUT2D eigenvalue weighted by atomic mass is 9.86. The average Bonchev–Trinajstić information content (AvgIpc) is 3.18. The monoisotopic (exact) mass is 411 g/mol. The van der Waals surface area contributed by atoms with E-state index in [0.717, 1.165) is 12.8 Å². The number of aromatic nitrogens is 3. The molecule has 1 aliphatic carbocycles. The first-order valence-electron chi connectivity index (χ1n) is 10.1. The van der Waals surface area contributed by atoms with E-state index in [4.69, 9.17) is 10.6 Å². The molecule has 1 amide bonds. The van der Waals surface area contributed by atoms with Crippen LogP contribution in [0.1, 0.15) is 71.0 Å². The zero-order chi connectivity index (χ0) is 21.2. The lowest BCUT2D eigenvalue weighted by molar-refractivity contribution is -0.150. The molecule has 0 spiro atoms. The molecule has 0 radical (unpaired) electrons. The molecule has 0 bridgehead atoms. The minimum absolute atomic E-state index is 0.0727. The zero-order valence-electron chi connectivity index (χ0n) is 17.3. The van der Waals surface area contributed by atoms with Crippen molar-refractivity contribution in [3.05, 3.63) is 11.9 Å². The molecule has 2 fully saturated rings. The number of hydrogen-bond donors (Lipinski definition) is 1. The topological polar surface area (TPSA) is 113 Å². The minimum atomic E-state index is -1.61. The first kappa shape index (κ1) is 21.5. The third kappa shape index (κ3) is 5.04. The molecule has 1 aromatic rings. The number of nitrogens with zero attached hydrogens (tertiary/aromatic N) is 4. The molecule has 3 rings (SSSR count). The molecule has 10 heteroatoms. The van der Waals surface area contributed by atoms with E-state index >= 15 is 4.39 Å². The number of ether oxygens (including phenoxy) is 1. The number of alkyl halides is 1. The number of nitrogens with two attached hydrogens (primary N) is 1. The van der Waals surface area contributed by atoms with Crippen LogP contribution in [-0.4, -0.2) is 50.6 Å². The highest BCUT2D eigenvalue weighted by Crippen LogP contribution is 2.38. The highest BCUT2D eigenvalue weighted by Gasteiger charge is 2.41. The van der Waals surface area contributed by atoms with Gasteiger partial charge in [-0.3, -0.25) is 4.79 Å². The molecule has 2 heterocycles. The lowest BCUT2D eigenvalue weighted by Crippen LogP contribution is -2.45. The Labute approximate surface area is 169 Å². The van der Waals surface area contributed by atoms with Crippen molar-refractivity contribution in [3.63, 3.8) is 0 Å². The Morgan fingerprint density at radius 1 is 1.21 bits per heavy atom. The van der Waals surface area contributed by atoms with E-state index in [9.17, 15) is 9.59 Å². The van der Waals surface area contributed by atoms with Gasteiger partial charge in [0.2, 0.25) is 0 Å². The number of likely N-dealkylation sites (tertiary alicyclic amines) is 1. The SMILES string of the molecule is CC(C)(C)OC(=O)N1CCC(F)(c2cn([C@H]3CC[C@H](C(=O)ON)CC3)nn2)CC1. The smallest absolute Gasteiger partial charge is 0.410 e. The van der Waals surface area contributed by atoms with Gasteiger partial charge in [-0.25, -0.2) is 13.9 Å². The van der Waals surface area contributed by atoms with E-state index < -0.39 is 17.4 Å². The van der Waals surface area contributed by atoms with Gasteiger partial charge in [-0.1, -0.05) is 5.21 Å². The first-order valence-corrected chi connectivity index (χ1v) is 10.1. The number of carbonyl (C=O) groups excluding carboxylic acids is 2.